The van der Waals surface area contributed by atoms with E-state index in [1.54, 1.807) is 19.2 Å². The lowest BCUT2D eigenvalue weighted by molar-refractivity contribution is -0.120. The van der Waals surface area contributed by atoms with Crippen LogP contribution in [0.5, 0.6) is 11.5 Å². The third-order valence-corrected chi connectivity index (χ3v) is 3.44. The van der Waals surface area contributed by atoms with Crippen LogP contribution in [0.15, 0.2) is 48.5 Å². The van der Waals surface area contributed by atoms with Crippen molar-refractivity contribution >= 4 is 17.5 Å². The molecule has 0 spiro atoms. The normalized spacial score (nSPS) is 10.2. The molecule has 6 heteroatoms. The van der Waals surface area contributed by atoms with Gasteiger partial charge >= 0.3 is 0 Å². The number of carbonyl (C=O) groups is 1. The molecule has 0 unspecified atom stereocenters. The zero-order valence-electron chi connectivity index (χ0n) is 13.5. The summed E-state index contributed by atoms with van der Waals surface area (Å²) in [6.07, 6.45) is 0. The van der Waals surface area contributed by atoms with Gasteiger partial charge in [-0.1, -0.05) is 23.7 Å². The molecule has 0 aliphatic carbocycles. The van der Waals surface area contributed by atoms with Crippen LogP contribution in [0.4, 0.5) is 0 Å². The third kappa shape index (κ3) is 6.48. The smallest absolute Gasteiger partial charge is 0.234 e. The summed E-state index contributed by atoms with van der Waals surface area (Å²) in [5, 5.41) is 6.31. The molecule has 0 bridgehead atoms. The second-order valence-electron chi connectivity index (χ2n) is 5.10. The molecule has 2 N–H and O–H groups in total. The number of nitrogens with one attached hydrogen (secondary N) is 2. The van der Waals surface area contributed by atoms with Gasteiger partial charge in [-0.25, -0.2) is 0 Å². The number of halogens is 1. The molecular weight excluding hydrogens is 328 g/mol. The molecule has 2 rings (SSSR count). The Morgan fingerprint density at radius 1 is 0.958 bits per heavy atom. The summed E-state index contributed by atoms with van der Waals surface area (Å²) in [6, 6.07) is 14.8. The maximum absolute atomic E-state index is 11.4. The lowest BCUT2D eigenvalue weighted by Crippen LogP contribution is -2.31. The molecule has 24 heavy (non-hydrogen) atoms. The van der Waals surface area contributed by atoms with Gasteiger partial charge in [0, 0.05) is 11.6 Å². The van der Waals surface area contributed by atoms with Gasteiger partial charge in [-0.15, -0.1) is 0 Å². The van der Waals surface area contributed by atoms with Crippen molar-refractivity contribution in [3.05, 3.63) is 59.1 Å². The second kappa shape index (κ2) is 9.80. The minimum atomic E-state index is -0.0304. The summed E-state index contributed by atoms with van der Waals surface area (Å²) in [5.41, 5.74) is 1.02. The molecular formula is C18H21ClN2O3. The third-order valence-electron chi connectivity index (χ3n) is 3.18. The van der Waals surface area contributed by atoms with Gasteiger partial charge < -0.3 is 20.1 Å². The Kier molecular flexibility index (Phi) is 7.39. The fourth-order valence-corrected chi connectivity index (χ4v) is 2.10. The van der Waals surface area contributed by atoms with Crippen LogP contribution in [0.3, 0.4) is 0 Å². The molecule has 0 aliphatic rings. The summed E-state index contributed by atoms with van der Waals surface area (Å²) >= 11 is 5.81. The number of amides is 1. The van der Waals surface area contributed by atoms with E-state index >= 15 is 0 Å². The van der Waals surface area contributed by atoms with Crippen LogP contribution < -0.4 is 20.1 Å². The van der Waals surface area contributed by atoms with Crippen molar-refractivity contribution in [1.29, 1.82) is 0 Å². The van der Waals surface area contributed by atoms with E-state index in [4.69, 9.17) is 21.1 Å². The maximum atomic E-state index is 11.4. The van der Waals surface area contributed by atoms with Crippen molar-refractivity contribution in [2.75, 3.05) is 26.8 Å². The summed E-state index contributed by atoms with van der Waals surface area (Å²) in [7, 11) is 1.74. The SMILES string of the molecule is CNCC(=O)NCc1ccc(OCCOc2ccc(Cl)cc2)cc1. The maximum Gasteiger partial charge on any atom is 0.234 e. The van der Waals surface area contributed by atoms with Crippen molar-refractivity contribution in [2.24, 2.45) is 0 Å². The van der Waals surface area contributed by atoms with Gasteiger partial charge in [-0.05, 0) is 49.0 Å². The Balaban J connectivity index is 1.68. The van der Waals surface area contributed by atoms with Crippen LogP contribution in [0.25, 0.3) is 0 Å². The van der Waals surface area contributed by atoms with Crippen LogP contribution in [-0.4, -0.2) is 32.7 Å². The van der Waals surface area contributed by atoms with Crippen LogP contribution in [0.1, 0.15) is 5.56 Å². The molecule has 0 heterocycles. The van der Waals surface area contributed by atoms with Crippen molar-refractivity contribution in [1.82, 2.24) is 10.6 Å². The van der Waals surface area contributed by atoms with Gasteiger partial charge in [0.25, 0.3) is 0 Å². The van der Waals surface area contributed by atoms with E-state index in [9.17, 15) is 4.79 Å². The van der Waals surface area contributed by atoms with Crippen molar-refractivity contribution < 1.29 is 14.3 Å². The zero-order chi connectivity index (χ0) is 17.2. The van der Waals surface area contributed by atoms with E-state index in [0.717, 1.165) is 17.1 Å². The Bertz CT molecular complexity index is 630. The minimum Gasteiger partial charge on any atom is -0.490 e. The number of hydrogen-bond donors (Lipinski definition) is 2. The number of hydrogen-bond acceptors (Lipinski definition) is 4. The Morgan fingerprint density at radius 3 is 2.04 bits per heavy atom. The molecule has 2 aromatic rings. The number of benzene rings is 2. The van der Waals surface area contributed by atoms with E-state index in [2.05, 4.69) is 10.6 Å². The van der Waals surface area contributed by atoms with Gasteiger partial charge in [-0.2, -0.15) is 0 Å². The number of rotatable bonds is 9. The second-order valence-corrected chi connectivity index (χ2v) is 5.54. The van der Waals surface area contributed by atoms with Crippen LogP contribution in [-0.2, 0) is 11.3 Å². The van der Waals surface area contributed by atoms with Crippen LogP contribution in [0.2, 0.25) is 5.02 Å². The number of carbonyl (C=O) groups excluding carboxylic acids is 1. The van der Waals surface area contributed by atoms with E-state index in [1.165, 1.54) is 0 Å². The molecule has 0 saturated heterocycles. The molecule has 1 amide bonds. The summed E-state index contributed by atoms with van der Waals surface area (Å²) in [4.78, 5) is 11.4. The lowest BCUT2D eigenvalue weighted by Gasteiger charge is -2.09. The monoisotopic (exact) mass is 348 g/mol. The van der Waals surface area contributed by atoms with E-state index < -0.39 is 0 Å². The Morgan fingerprint density at radius 2 is 1.50 bits per heavy atom. The van der Waals surface area contributed by atoms with Crippen molar-refractivity contribution in [3.63, 3.8) is 0 Å². The first-order valence-electron chi connectivity index (χ1n) is 7.69. The first-order valence-corrected chi connectivity index (χ1v) is 8.06. The topological polar surface area (TPSA) is 59.6 Å². The number of likely N-dealkylation sites (N-methyl/N-ethyl adjacent to an activating group) is 1. The highest BCUT2D eigenvalue weighted by atomic mass is 35.5. The molecule has 5 nitrogen and oxygen atoms in total. The summed E-state index contributed by atoms with van der Waals surface area (Å²) < 4.78 is 11.2. The first-order chi connectivity index (χ1) is 11.7. The lowest BCUT2D eigenvalue weighted by atomic mass is 10.2. The van der Waals surface area contributed by atoms with Gasteiger partial charge in [0.2, 0.25) is 5.91 Å². The minimum absolute atomic E-state index is 0.0304. The van der Waals surface area contributed by atoms with Crippen molar-refractivity contribution in [3.8, 4) is 11.5 Å². The van der Waals surface area contributed by atoms with Gasteiger partial charge in [0.05, 0.1) is 6.54 Å². The largest absolute Gasteiger partial charge is 0.490 e. The molecule has 2 aromatic carbocycles. The van der Waals surface area contributed by atoms with Crippen LogP contribution in [0, 0.1) is 0 Å². The highest BCUT2D eigenvalue weighted by Crippen LogP contribution is 2.16. The highest BCUT2D eigenvalue weighted by Gasteiger charge is 2.00. The molecule has 0 aliphatic heterocycles. The highest BCUT2D eigenvalue weighted by molar-refractivity contribution is 6.30. The predicted molar refractivity (Wildman–Crippen MR) is 94.7 cm³/mol. The van der Waals surface area contributed by atoms with Gasteiger partial charge in [0.1, 0.15) is 24.7 Å². The molecule has 0 fully saturated rings. The molecule has 0 aromatic heterocycles. The average Bonchev–Trinajstić information content (AvgIpc) is 2.60. The average molecular weight is 349 g/mol. The summed E-state index contributed by atoms with van der Waals surface area (Å²) in [6.45, 7) is 1.71. The Hall–Kier alpha value is -2.24. The molecule has 0 atom stereocenters. The standard InChI is InChI=1S/C18H21ClN2O3/c1-20-13-18(22)21-12-14-2-6-16(7-3-14)23-10-11-24-17-8-4-15(19)5-9-17/h2-9,20H,10-13H2,1H3,(H,21,22). The Labute approximate surface area is 146 Å². The molecule has 128 valence electrons. The first kappa shape index (κ1) is 18.1. The molecule has 0 radical (unpaired) electrons. The predicted octanol–water partition coefficient (Wildman–Crippen LogP) is 2.63. The van der Waals surface area contributed by atoms with Gasteiger partial charge in [-0.3, -0.25) is 4.79 Å². The fraction of sp³-hybridized carbons (Fsp3) is 0.278. The van der Waals surface area contributed by atoms with E-state index in [1.807, 2.05) is 36.4 Å². The number of ether oxygens (including phenoxy) is 2. The van der Waals surface area contributed by atoms with Crippen LogP contribution >= 0.6 is 11.6 Å². The van der Waals surface area contributed by atoms with Gasteiger partial charge in [0.15, 0.2) is 0 Å². The fourth-order valence-electron chi connectivity index (χ4n) is 1.98. The van der Waals surface area contributed by atoms with Crippen molar-refractivity contribution in [2.45, 2.75) is 6.54 Å². The molecule has 0 saturated carbocycles. The summed E-state index contributed by atoms with van der Waals surface area (Å²) in [5.74, 6) is 1.49. The van der Waals surface area contributed by atoms with E-state index in [-0.39, 0.29) is 5.91 Å². The zero-order valence-corrected chi connectivity index (χ0v) is 14.3. The quantitative estimate of drug-likeness (QED) is 0.684. The van der Waals surface area contributed by atoms with E-state index in [0.29, 0.717) is 31.3 Å².